The number of halogens is 1. The molecule has 0 saturated heterocycles. The van der Waals surface area contributed by atoms with Gasteiger partial charge in [0, 0.05) is 19.1 Å². The van der Waals surface area contributed by atoms with Crippen molar-refractivity contribution >= 4 is 21.6 Å². The SMILES string of the molecule is CCCn1ncc(NC(CN)C2CCCCC2)c(Br)c1=O. The maximum absolute atomic E-state index is 12.2. The Morgan fingerprint density at radius 2 is 2.19 bits per heavy atom. The van der Waals surface area contributed by atoms with Crippen LogP contribution in [0.1, 0.15) is 45.4 Å². The quantitative estimate of drug-likeness (QED) is 0.821. The van der Waals surface area contributed by atoms with Gasteiger partial charge in [-0.05, 0) is 41.1 Å². The van der Waals surface area contributed by atoms with Crippen molar-refractivity contribution in [1.29, 1.82) is 0 Å². The number of rotatable bonds is 6. The fraction of sp³-hybridized carbons (Fsp3) is 0.733. The van der Waals surface area contributed by atoms with Crippen LogP contribution in [0.25, 0.3) is 0 Å². The molecule has 3 N–H and O–H groups in total. The van der Waals surface area contributed by atoms with E-state index in [1.807, 2.05) is 6.92 Å². The van der Waals surface area contributed by atoms with Crippen molar-refractivity contribution in [2.75, 3.05) is 11.9 Å². The third kappa shape index (κ3) is 4.07. The van der Waals surface area contributed by atoms with E-state index in [-0.39, 0.29) is 11.6 Å². The van der Waals surface area contributed by atoms with Crippen LogP contribution in [0, 0.1) is 5.92 Å². The molecule has 1 fully saturated rings. The van der Waals surface area contributed by atoms with Crippen LogP contribution in [0.15, 0.2) is 15.5 Å². The number of anilines is 1. The Kier molecular flexibility index (Phi) is 6.23. The first-order valence-electron chi connectivity index (χ1n) is 7.89. The van der Waals surface area contributed by atoms with Gasteiger partial charge in [0.05, 0.1) is 11.9 Å². The summed E-state index contributed by atoms with van der Waals surface area (Å²) in [5.41, 5.74) is 6.61. The van der Waals surface area contributed by atoms with Crippen LogP contribution in [-0.2, 0) is 6.54 Å². The molecule has 1 aliphatic carbocycles. The van der Waals surface area contributed by atoms with Gasteiger partial charge < -0.3 is 11.1 Å². The van der Waals surface area contributed by atoms with Crippen molar-refractivity contribution in [3.8, 4) is 0 Å². The molecule has 0 aromatic carbocycles. The third-order valence-corrected chi connectivity index (χ3v) is 5.00. The lowest BCUT2D eigenvalue weighted by atomic mass is 9.84. The average molecular weight is 357 g/mol. The van der Waals surface area contributed by atoms with Crippen LogP contribution < -0.4 is 16.6 Å². The molecule has 5 nitrogen and oxygen atoms in total. The summed E-state index contributed by atoms with van der Waals surface area (Å²) in [6, 6.07) is 0.213. The normalized spacial score (nSPS) is 17.7. The fourth-order valence-electron chi connectivity index (χ4n) is 3.04. The van der Waals surface area contributed by atoms with Gasteiger partial charge in [-0.15, -0.1) is 0 Å². The molecular formula is C15H25BrN4O. The molecule has 0 spiro atoms. The second-order valence-electron chi connectivity index (χ2n) is 5.79. The molecule has 2 rings (SSSR count). The van der Waals surface area contributed by atoms with Gasteiger partial charge in [-0.2, -0.15) is 5.10 Å². The summed E-state index contributed by atoms with van der Waals surface area (Å²) in [7, 11) is 0. The molecule has 118 valence electrons. The molecule has 1 aromatic heterocycles. The van der Waals surface area contributed by atoms with E-state index in [2.05, 4.69) is 26.3 Å². The van der Waals surface area contributed by atoms with Gasteiger partial charge in [-0.25, -0.2) is 4.68 Å². The summed E-state index contributed by atoms with van der Waals surface area (Å²) in [4.78, 5) is 12.2. The first-order chi connectivity index (χ1) is 10.2. The van der Waals surface area contributed by atoms with Crippen molar-refractivity contribution in [2.24, 2.45) is 11.7 Å². The Morgan fingerprint density at radius 1 is 1.48 bits per heavy atom. The molecule has 1 aromatic rings. The zero-order chi connectivity index (χ0) is 15.2. The first kappa shape index (κ1) is 16.5. The van der Waals surface area contributed by atoms with Gasteiger partial charge in [0.2, 0.25) is 0 Å². The zero-order valence-corrected chi connectivity index (χ0v) is 14.2. The number of nitrogens with one attached hydrogen (secondary N) is 1. The molecule has 1 aliphatic rings. The highest BCUT2D eigenvalue weighted by Gasteiger charge is 2.23. The largest absolute Gasteiger partial charge is 0.378 e. The van der Waals surface area contributed by atoms with Gasteiger partial charge >= 0.3 is 0 Å². The third-order valence-electron chi connectivity index (χ3n) is 4.23. The van der Waals surface area contributed by atoms with E-state index in [1.165, 1.54) is 36.8 Å². The van der Waals surface area contributed by atoms with E-state index in [4.69, 9.17) is 5.73 Å². The molecule has 6 heteroatoms. The highest BCUT2D eigenvalue weighted by atomic mass is 79.9. The standard InChI is InChI=1S/C15H25BrN4O/c1-2-8-20-15(21)14(16)13(10-18-20)19-12(9-17)11-6-4-3-5-7-11/h10-12,19H,2-9,17H2,1H3. The Hall–Kier alpha value is -0.880. The minimum Gasteiger partial charge on any atom is -0.378 e. The number of hydrogen-bond donors (Lipinski definition) is 2. The topological polar surface area (TPSA) is 72.9 Å². The van der Waals surface area contributed by atoms with Gasteiger partial charge in [0.1, 0.15) is 4.47 Å². The average Bonchev–Trinajstić information content (AvgIpc) is 2.52. The van der Waals surface area contributed by atoms with Crippen molar-refractivity contribution in [3.63, 3.8) is 0 Å². The van der Waals surface area contributed by atoms with E-state index in [0.717, 1.165) is 12.1 Å². The van der Waals surface area contributed by atoms with Crippen LogP contribution in [0.4, 0.5) is 5.69 Å². The number of nitrogens with zero attached hydrogens (tertiary/aromatic N) is 2. The number of hydrogen-bond acceptors (Lipinski definition) is 4. The molecule has 0 aliphatic heterocycles. The highest BCUT2D eigenvalue weighted by molar-refractivity contribution is 9.10. The van der Waals surface area contributed by atoms with Crippen molar-refractivity contribution in [2.45, 2.75) is 58.0 Å². The van der Waals surface area contributed by atoms with Crippen LogP contribution >= 0.6 is 15.9 Å². The number of aryl methyl sites for hydroxylation is 1. The second kappa shape index (κ2) is 7.94. The van der Waals surface area contributed by atoms with Crippen LogP contribution in [0.2, 0.25) is 0 Å². The van der Waals surface area contributed by atoms with E-state index >= 15 is 0 Å². The predicted molar refractivity (Wildman–Crippen MR) is 89.5 cm³/mol. The van der Waals surface area contributed by atoms with Crippen LogP contribution in [0.5, 0.6) is 0 Å². The maximum atomic E-state index is 12.2. The summed E-state index contributed by atoms with van der Waals surface area (Å²) < 4.78 is 2.05. The van der Waals surface area contributed by atoms with Crippen molar-refractivity contribution in [1.82, 2.24) is 9.78 Å². The fourth-order valence-corrected chi connectivity index (χ4v) is 3.46. The molecular weight excluding hydrogens is 332 g/mol. The van der Waals surface area contributed by atoms with Crippen LogP contribution in [0.3, 0.4) is 0 Å². The summed E-state index contributed by atoms with van der Waals surface area (Å²) >= 11 is 3.41. The molecule has 1 saturated carbocycles. The van der Waals surface area contributed by atoms with Crippen LogP contribution in [-0.4, -0.2) is 22.4 Å². The highest BCUT2D eigenvalue weighted by Crippen LogP contribution is 2.28. The molecule has 21 heavy (non-hydrogen) atoms. The lowest BCUT2D eigenvalue weighted by molar-refractivity contribution is 0.320. The molecule has 1 heterocycles. The summed E-state index contributed by atoms with van der Waals surface area (Å²) in [6.45, 7) is 3.25. The maximum Gasteiger partial charge on any atom is 0.283 e. The smallest absolute Gasteiger partial charge is 0.283 e. The lowest BCUT2D eigenvalue weighted by Crippen LogP contribution is -2.38. The summed E-state index contributed by atoms with van der Waals surface area (Å²) in [6.07, 6.45) is 8.93. The second-order valence-corrected chi connectivity index (χ2v) is 6.58. The Labute approximate surface area is 134 Å². The molecule has 0 bridgehead atoms. The van der Waals surface area contributed by atoms with Gasteiger partial charge in [0.15, 0.2) is 0 Å². The van der Waals surface area contributed by atoms with Gasteiger partial charge in [-0.1, -0.05) is 26.2 Å². The van der Waals surface area contributed by atoms with Gasteiger partial charge in [0.25, 0.3) is 5.56 Å². The predicted octanol–water partition coefficient (Wildman–Crippen LogP) is 2.74. The van der Waals surface area contributed by atoms with E-state index in [9.17, 15) is 4.79 Å². The minimum atomic E-state index is -0.0822. The van der Waals surface area contributed by atoms with E-state index in [1.54, 1.807) is 6.20 Å². The van der Waals surface area contributed by atoms with E-state index in [0.29, 0.717) is 23.5 Å². The molecule has 1 atom stereocenters. The Bertz CT molecular complexity index is 511. The molecule has 0 amide bonds. The summed E-state index contributed by atoms with van der Waals surface area (Å²) in [5, 5.41) is 7.66. The molecule has 0 radical (unpaired) electrons. The van der Waals surface area contributed by atoms with Crippen molar-refractivity contribution in [3.05, 3.63) is 21.0 Å². The Morgan fingerprint density at radius 3 is 2.81 bits per heavy atom. The minimum absolute atomic E-state index is 0.0822. The number of aromatic nitrogens is 2. The Balaban J connectivity index is 2.13. The zero-order valence-electron chi connectivity index (χ0n) is 12.6. The van der Waals surface area contributed by atoms with E-state index < -0.39 is 0 Å². The van der Waals surface area contributed by atoms with Crippen molar-refractivity contribution < 1.29 is 0 Å². The monoisotopic (exact) mass is 356 g/mol. The lowest BCUT2D eigenvalue weighted by Gasteiger charge is -2.31. The first-order valence-corrected chi connectivity index (χ1v) is 8.68. The summed E-state index contributed by atoms with van der Waals surface area (Å²) in [5.74, 6) is 0.591. The molecule has 1 unspecified atom stereocenters. The van der Waals surface area contributed by atoms with Gasteiger partial charge in [-0.3, -0.25) is 4.79 Å². The number of nitrogens with two attached hydrogens (primary N) is 1.